The minimum Gasteiger partial charge on any atom is -0.352 e. The van der Waals surface area contributed by atoms with Crippen LogP contribution in [0.1, 0.15) is 43.7 Å². The maximum Gasteiger partial charge on any atom is 0.166 e. The Labute approximate surface area is 203 Å². The number of allylic oxidation sites excluding steroid dienone is 2. The first-order valence-corrected chi connectivity index (χ1v) is 11.8. The van der Waals surface area contributed by atoms with Crippen LogP contribution in [0.25, 0.3) is 22.3 Å². The Morgan fingerprint density at radius 2 is 1.31 bits per heavy atom. The Balaban J connectivity index is 1.55. The summed E-state index contributed by atoms with van der Waals surface area (Å²) in [6.45, 7) is 4.27. The molecule has 0 radical (unpaired) electrons. The Morgan fingerprint density at radius 1 is 0.743 bits per heavy atom. The Kier molecular flexibility index (Phi) is 8.04. The van der Waals surface area contributed by atoms with Crippen molar-refractivity contribution in [2.24, 2.45) is 0 Å². The SMILES string of the molecule is CC/C=C/CCc1ccc(-c2ccc(-c3ccc(C4COC(C)OC4)c(F)c3F)cc2)c(F)c1F. The van der Waals surface area contributed by atoms with E-state index in [-0.39, 0.29) is 42.1 Å². The highest BCUT2D eigenvalue weighted by atomic mass is 19.2. The molecule has 0 N–H and O–H groups in total. The average molecular weight is 485 g/mol. The van der Waals surface area contributed by atoms with Gasteiger partial charge in [-0.05, 0) is 48.4 Å². The summed E-state index contributed by atoms with van der Waals surface area (Å²) in [6, 6.07) is 12.5. The molecule has 35 heavy (non-hydrogen) atoms. The second kappa shape index (κ2) is 11.2. The zero-order chi connectivity index (χ0) is 24.9. The second-order valence-corrected chi connectivity index (χ2v) is 8.66. The van der Waals surface area contributed by atoms with E-state index < -0.39 is 23.3 Å². The Hall–Kier alpha value is -2.96. The lowest BCUT2D eigenvalue weighted by Gasteiger charge is -2.28. The minimum atomic E-state index is -0.965. The predicted molar refractivity (Wildman–Crippen MR) is 129 cm³/mol. The van der Waals surface area contributed by atoms with Crippen LogP contribution in [-0.2, 0) is 15.9 Å². The van der Waals surface area contributed by atoms with Crippen LogP contribution in [0.15, 0.2) is 60.7 Å². The van der Waals surface area contributed by atoms with E-state index in [9.17, 15) is 17.6 Å². The van der Waals surface area contributed by atoms with Crippen LogP contribution >= 0.6 is 0 Å². The molecule has 0 saturated carbocycles. The van der Waals surface area contributed by atoms with Crippen molar-refractivity contribution in [1.29, 1.82) is 0 Å². The lowest BCUT2D eigenvalue weighted by molar-refractivity contribution is -0.176. The molecule has 1 saturated heterocycles. The summed E-state index contributed by atoms with van der Waals surface area (Å²) in [5, 5.41) is 0. The van der Waals surface area contributed by atoms with Crippen LogP contribution in [-0.4, -0.2) is 19.5 Å². The van der Waals surface area contributed by atoms with Crippen molar-refractivity contribution in [2.45, 2.75) is 45.3 Å². The third kappa shape index (κ3) is 5.49. The van der Waals surface area contributed by atoms with Gasteiger partial charge >= 0.3 is 0 Å². The van der Waals surface area contributed by atoms with E-state index >= 15 is 0 Å². The van der Waals surface area contributed by atoms with E-state index in [1.54, 1.807) is 49.4 Å². The number of halogens is 4. The summed E-state index contributed by atoms with van der Waals surface area (Å²) in [6.07, 6.45) is 5.53. The molecule has 3 aromatic rings. The standard InChI is InChI=1S/C29H28F4O2/c1-3-4-5-6-7-21-12-13-23(27(31)26(21)30)19-8-10-20(11-9-19)24-14-15-25(29(33)28(24)32)22-16-34-18(2)35-17-22/h4-5,8-15,18,22H,3,6-7,16-17H2,1-2H3/b5-4+. The van der Waals surface area contributed by atoms with E-state index in [0.29, 0.717) is 29.5 Å². The largest absolute Gasteiger partial charge is 0.352 e. The molecule has 6 heteroatoms. The molecule has 1 heterocycles. The molecule has 2 nitrogen and oxygen atoms in total. The Morgan fingerprint density at radius 3 is 1.91 bits per heavy atom. The van der Waals surface area contributed by atoms with Gasteiger partial charge in [-0.15, -0.1) is 0 Å². The van der Waals surface area contributed by atoms with Crippen LogP contribution < -0.4 is 0 Å². The van der Waals surface area contributed by atoms with Crippen molar-refractivity contribution in [3.8, 4) is 22.3 Å². The number of aryl methyl sites for hydroxylation is 1. The van der Waals surface area contributed by atoms with Gasteiger partial charge in [0, 0.05) is 17.0 Å². The molecule has 0 aliphatic carbocycles. The van der Waals surface area contributed by atoms with Gasteiger partial charge in [0.05, 0.1) is 13.2 Å². The van der Waals surface area contributed by atoms with E-state index in [0.717, 1.165) is 6.42 Å². The minimum absolute atomic E-state index is 0.0888. The fourth-order valence-electron chi connectivity index (χ4n) is 4.24. The van der Waals surface area contributed by atoms with Crippen LogP contribution in [0, 0.1) is 23.3 Å². The number of hydrogen-bond donors (Lipinski definition) is 0. The molecule has 184 valence electrons. The van der Waals surface area contributed by atoms with Gasteiger partial charge in [-0.2, -0.15) is 0 Å². The molecule has 4 rings (SSSR count). The van der Waals surface area contributed by atoms with Crippen molar-refractivity contribution in [2.75, 3.05) is 13.2 Å². The van der Waals surface area contributed by atoms with Gasteiger partial charge in [0.15, 0.2) is 29.6 Å². The number of rotatable bonds is 7. The van der Waals surface area contributed by atoms with Gasteiger partial charge in [0.2, 0.25) is 0 Å². The molecule has 0 aromatic heterocycles. The first-order chi connectivity index (χ1) is 16.9. The molecule has 3 aromatic carbocycles. The fraction of sp³-hybridized carbons (Fsp3) is 0.310. The van der Waals surface area contributed by atoms with Crippen molar-refractivity contribution in [3.05, 3.63) is 95.1 Å². The zero-order valence-electron chi connectivity index (χ0n) is 19.8. The zero-order valence-corrected chi connectivity index (χ0v) is 19.8. The molecular weight excluding hydrogens is 456 g/mol. The number of hydrogen-bond acceptors (Lipinski definition) is 2. The molecule has 0 atom stereocenters. The molecular formula is C29H28F4O2. The topological polar surface area (TPSA) is 18.5 Å². The predicted octanol–water partition coefficient (Wildman–Crippen LogP) is 7.95. The molecule has 1 aliphatic heterocycles. The maximum absolute atomic E-state index is 14.9. The monoisotopic (exact) mass is 484 g/mol. The quantitative estimate of drug-likeness (QED) is 0.250. The lowest BCUT2D eigenvalue weighted by Crippen LogP contribution is -2.29. The summed E-state index contributed by atoms with van der Waals surface area (Å²) in [5.41, 5.74) is 1.62. The number of ether oxygens (including phenoxy) is 2. The lowest BCUT2D eigenvalue weighted by atomic mass is 9.94. The molecule has 0 bridgehead atoms. The third-order valence-electron chi connectivity index (χ3n) is 6.27. The highest BCUT2D eigenvalue weighted by Crippen LogP contribution is 2.33. The number of benzene rings is 3. The molecule has 0 spiro atoms. The van der Waals surface area contributed by atoms with E-state index in [1.165, 1.54) is 6.07 Å². The van der Waals surface area contributed by atoms with E-state index in [2.05, 4.69) is 0 Å². The molecule has 1 fully saturated rings. The molecule has 0 amide bonds. The van der Waals surface area contributed by atoms with Gasteiger partial charge in [-0.3, -0.25) is 0 Å². The van der Waals surface area contributed by atoms with Crippen molar-refractivity contribution >= 4 is 0 Å². The van der Waals surface area contributed by atoms with E-state index in [1.807, 2.05) is 19.1 Å². The van der Waals surface area contributed by atoms with Gasteiger partial charge in [-0.25, -0.2) is 17.6 Å². The summed E-state index contributed by atoms with van der Waals surface area (Å²) < 4.78 is 70.0. The highest BCUT2D eigenvalue weighted by molar-refractivity contribution is 5.71. The van der Waals surface area contributed by atoms with Gasteiger partial charge in [0.25, 0.3) is 0 Å². The van der Waals surface area contributed by atoms with Crippen molar-refractivity contribution in [1.82, 2.24) is 0 Å². The van der Waals surface area contributed by atoms with Gasteiger partial charge in [0.1, 0.15) is 0 Å². The van der Waals surface area contributed by atoms with Gasteiger partial charge < -0.3 is 9.47 Å². The van der Waals surface area contributed by atoms with Crippen LogP contribution in [0.3, 0.4) is 0 Å². The normalized spacial score (nSPS) is 18.3. The average Bonchev–Trinajstić information content (AvgIpc) is 2.87. The summed E-state index contributed by atoms with van der Waals surface area (Å²) in [5.74, 6) is -4.06. The van der Waals surface area contributed by atoms with Crippen LogP contribution in [0.5, 0.6) is 0 Å². The highest BCUT2D eigenvalue weighted by Gasteiger charge is 2.26. The maximum atomic E-state index is 14.9. The first-order valence-electron chi connectivity index (χ1n) is 11.8. The van der Waals surface area contributed by atoms with Crippen LogP contribution in [0.4, 0.5) is 17.6 Å². The van der Waals surface area contributed by atoms with Crippen LogP contribution in [0.2, 0.25) is 0 Å². The van der Waals surface area contributed by atoms with Crippen molar-refractivity contribution < 1.29 is 27.0 Å². The second-order valence-electron chi connectivity index (χ2n) is 8.66. The third-order valence-corrected chi connectivity index (χ3v) is 6.27. The Bertz CT molecular complexity index is 1200. The summed E-state index contributed by atoms with van der Waals surface area (Å²) >= 11 is 0. The van der Waals surface area contributed by atoms with E-state index in [4.69, 9.17) is 9.47 Å². The molecule has 1 aliphatic rings. The van der Waals surface area contributed by atoms with Crippen molar-refractivity contribution in [3.63, 3.8) is 0 Å². The summed E-state index contributed by atoms with van der Waals surface area (Å²) in [7, 11) is 0. The first kappa shape index (κ1) is 25.1. The molecule has 0 unspecified atom stereocenters. The summed E-state index contributed by atoms with van der Waals surface area (Å²) in [4.78, 5) is 0. The smallest absolute Gasteiger partial charge is 0.166 e. The van der Waals surface area contributed by atoms with Gasteiger partial charge in [-0.1, -0.05) is 67.6 Å². The fourth-order valence-corrected chi connectivity index (χ4v) is 4.24.